The molecule has 0 radical (unpaired) electrons. The van der Waals surface area contributed by atoms with Gasteiger partial charge in [0.2, 0.25) is 11.8 Å². The average molecular weight is 729 g/mol. The van der Waals surface area contributed by atoms with E-state index in [9.17, 15) is 9.59 Å². The highest BCUT2D eigenvalue weighted by Crippen LogP contribution is 2.68. The van der Waals surface area contributed by atoms with Gasteiger partial charge in [-0.1, -0.05) is 52.0 Å². The molecule has 12 atom stereocenters. The van der Waals surface area contributed by atoms with Crippen molar-refractivity contribution in [2.75, 3.05) is 13.1 Å². The first-order valence-electron chi connectivity index (χ1n) is 21.8. The van der Waals surface area contributed by atoms with Crippen molar-refractivity contribution in [1.82, 2.24) is 20.6 Å². The Morgan fingerprint density at radius 1 is 0.611 bits per heavy atom. The van der Waals surface area contributed by atoms with E-state index in [0.29, 0.717) is 33.5 Å². The van der Waals surface area contributed by atoms with Crippen LogP contribution in [0, 0.1) is 69.0 Å². The van der Waals surface area contributed by atoms with Crippen LogP contribution in [0.1, 0.15) is 129 Å². The van der Waals surface area contributed by atoms with Crippen LogP contribution in [0.3, 0.4) is 0 Å². The van der Waals surface area contributed by atoms with E-state index in [1.807, 2.05) is 24.8 Å². The lowest BCUT2D eigenvalue weighted by Crippen LogP contribution is -2.52. The minimum Gasteiger partial charge on any atom is -0.356 e. The number of nitrogens with zero attached hydrogens (tertiary/aromatic N) is 2. The molecule has 6 fully saturated rings. The summed E-state index contributed by atoms with van der Waals surface area (Å²) in [5.41, 5.74) is 7.00. The summed E-state index contributed by atoms with van der Waals surface area (Å²) in [4.78, 5) is 32.9. The SMILES string of the molecule is C[C@]12CCC(=O)NCC1CC[C@@H]1[C@@H]2CC[C@]2(C)C(c3cccnc3)=CC[C@@H]12.C[C@]12CCNC(=O)CC1CC[C@@H]1[C@@H]2CC[C@]2(C)C(c3cccnc3)=CC[C@@H]12. The van der Waals surface area contributed by atoms with Gasteiger partial charge in [-0.25, -0.2) is 0 Å². The van der Waals surface area contributed by atoms with Crippen LogP contribution in [0.15, 0.2) is 61.2 Å². The lowest BCUT2D eigenvalue weighted by molar-refractivity contribution is -0.124. The lowest BCUT2D eigenvalue weighted by atomic mass is 9.46. The van der Waals surface area contributed by atoms with Gasteiger partial charge in [-0.3, -0.25) is 19.6 Å². The van der Waals surface area contributed by atoms with Crippen LogP contribution >= 0.6 is 0 Å². The number of carbonyl (C=O) groups excluding carboxylic acids is 2. The Labute approximate surface area is 324 Å². The maximum atomic E-state index is 12.1. The number of rotatable bonds is 2. The zero-order valence-electron chi connectivity index (χ0n) is 33.4. The summed E-state index contributed by atoms with van der Waals surface area (Å²) in [5, 5.41) is 6.34. The molecule has 2 unspecified atom stereocenters. The van der Waals surface area contributed by atoms with Gasteiger partial charge in [0.1, 0.15) is 0 Å². The van der Waals surface area contributed by atoms with Crippen molar-refractivity contribution in [2.24, 2.45) is 69.0 Å². The molecule has 6 nitrogen and oxygen atoms in total. The van der Waals surface area contributed by atoms with Crippen molar-refractivity contribution in [3.63, 3.8) is 0 Å². The van der Waals surface area contributed by atoms with Gasteiger partial charge >= 0.3 is 0 Å². The molecule has 10 rings (SSSR count). The normalized spacial score (nSPS) is 43.6. The Morgan fingerprint density at radius 2 is 1.17 bits per heavy atom. The fourth-order valence-electron chi connectivity index (χ4n) is 15.1. The molecule has 4 saturated carbocycles. The fourth-order valence-corrected chi connectivity index (χ4v) is 15.1. The molecule has 2 aliphatic heterocycles. The quantitative estimate of drug-likeness (QED) is 0.323. The van der Waals surface area contributed by atoms with Crippen LogP contribution in [-0.4, -0.2) is 34.9 Å². The Bertz CT molecular complexity index is 1720. The number of allylic oxidation sites excluding steroid dienone is 4. The zero-order valence-corrected chi connectivity index (χ0v) is 33.4. The first kappa shape index (κ1) is 36.4. The third kappa shape index (κ3) is 5.77. The van der Waals surface area contributed by atoms with Gasteiger partial charge in [-0.2, -0.15) is 0 Å². The first-order valence-corrected chi connectivity index (χ1v) is 21.8. The van der Waals surface area contributed by atoms with Gasteiger partial charge in [-0.15, -0.1) is 0 Å². The number of hydrogen-bond donors (Lipinski definition) is 2. The molecule has 4 heterocycles. The molecule has 2 aromatic rings. The summed E-state index contributed by atoms with van der Waals surface area (Å²) in [7, 11) is 0. The summed E-state index contributed by atoms with van der Waals surface area (Å²) in [5.74, 6) is 6.50. The Balaban J connectivity index is 0.000000142. The molecule has 8 aliphatic rings. The van der Waals surface area contributed by atoms with E-state index in [-0.39, 0.29) is 11.8 Å². The van der Waals surface area contributed by atoms with Crippen LogP contribution in [-0.2, 0) is 9.59 Å². The van der Waals surface area contributed by atoms with Crippen LogP contribution in [0.4, 0.5) is 0 Å². The van der Waals surface area contributed by atoms with Crippen LogP contribution < -0.4 is 10.6 Å². The lowest BCUT2D eigenvalue weighted by Gasteiger charge is -2.58. The van der Waals surface area contributed by atoms with Gasteiger partial charge < -0.3 is 10.6 Å². The van der Waals surface area contributed by atoms with E-state index in [1.165, 1.54) is 75.3 Å². The molecule has 2 saturated heterocycles. The second-order valence-electron chi connectivity index (χ2n) is 20.0. The van der Waals surface area contributed by atoms with E-state index < -0.39 is 0 Å². The van der Waals surface area contributed by atoms with Crippen molar-refractivity contribution < 1.29 is 9.59 Å². The molecule has 0 spiro atoms. The summed E-state index contributed by atoms with van der Waals surface area (Å²) in [6, 6.07) is 8.61. The Kier molecular flexibility index (Phi) is 9.24. The van der Waals surface area contributed by atoms with Gasteiger partial charge in [0.05, 0.1) is 0 Å². The van der Waals surface area contributed by atoms with Crippen molar-refractivity contribution in [3.8, 4) is 0 Å². The van der Waals surface area contributed by atoms with Crippen molar-refractivity contribution >= 4 is 23.0 Å². The zero-order chi connectivity index (χ0) is 37.3. The third-order valence-corrected chi connectivity index (χ3v) is 18.1. The standard InChI is InChI=1S/2C24H32N2O/c1-23-12-10-22(27)26-15-17(23)5-6-18-20-8-7-19(16-4-3-13-25-14-16)24(20,2)11-9-21(18)23;1-23-11-13-26-22(27)14-17(23)5-6-18-20-8-7-19(16-4-3-12-25-15-16)24(20,2)10-9-21(18)23/h3-4,7,13-14,17-18,20-21H,5-6,8-12,15H2,1-2H3,(H,26,27);3-4,7,12,15,17-18,20-21H,5-6,8-11,13-14H2,1-2H3,(H,26,27)/t2*17?,18-,20-,21-,23-,24+/m00/s1. The average Bonchev–Trinajstić information content (AvgIpc) is 3.61. The van der Waals surface area contributed by atoms with Gasteiger partial charge in [-0.05, 0) is 180 Å². The fraction of sp³-hybridized carbons (Fsp3) is 0.667. The summed E-state index contributed by atoms with van der Waals surface area (Å²) in [6.45, 7) is 11.8. The number of pyridine rings is 2. The number of amides is 2. The van der Waals surface area contributed by atoms with E-state index in [0.717, 1.165) is 74.3 Å². The summed E-state index contributed by atoms with van der Waals surface area (Å²) < 4.78 is 0. The molecule has 2 aromatic heterocycles. The maximum Gasteiger partial charge on any atom is 0.220 e. The maximum absolute atomic E-state index is 12.1. The minimum absolute atomic E-state index is 0.268. The first-order chi connectivity index (χ1) is 26.0. The molecule has 0 bridgehead atoms. The highest BCUT2D eigenvalue weighted by Gasteiger charge is 2.59. The molecule has 2 N–H and O–H groups in total. The third-order valence-electron chi connectivity index (χ3n) is 18.1. The molecule has 288 valence electrons. The Morgan fingerprint density at radius 3 is 1.72 bits per heavy atom. The molecule has 2 amide bonds. The highest BCUT2D eigenvalue weighted by molar-refractivity contribution is 5.77. The minimum atomic E-state index is 0.268. The molecular weight excluding hydrogens is 665 g/mol. The smallest absolute Gasteiger partial charge is 0.220 e. The van der Waals surface area contributed by atoms with Crippen LogP contribution in [0.25, 0.3) is 11.1 Å². The van der Waals surface area contributed by atoms with E-state index >= 15 is 0 Å². The van der Waals surface area contributed by atoms with E-state index in [2.05, 4.69) is 84.7 Å². The monoisotopic (exact) mass is 729 g/mol. The van der Waals surface area contributed by atoms with Crippen molar-refractivity contribution in [3.05, 3.63) is 72.3 Å². The highest BCUT2D eigenvalue weighted by atomic mass is 16.2. The molecule has 0 aromatic carbocycles. The van der Waals surface area contributed by atoms with Crippen LogP contribution in [0.2, 0.25) is 0 Å². The van der Waals surface area contributed by atoms with Crippen molar-refractivity contribution in [1.29, 1.82) is 0 Å². The summed E-state index contributed by atoms with van der Waals surface area (Å²) >= 11 is 0. The molecule has 6 heteroatoms. The molecule has 54 heavy (non-hydrogen) atoms. The molecule has 6 aliphatic carbocycles. The predicted octanol–water partition coefficient (Wildman–Crippen LogP) is 9.69. The van der Waals surface area contributed by atoms with Gasteiger partial charge in [0, 0.05) is 50.7 Å². The van der Waals surface area contributed by atoms with E-state index in [4.69, 9.17) is 0 Å². The van der Waals surface area contributed by atoms with Gasteiger partial charge in [0.15, 0.2) is 0 Å². The van der Waals surface area contributed by atoms with E-state index in [1.54, 1.807) is 11.1 Å². The Hall–Kier alpha value is -3.28. The van der Waals surface area contributed by atoms with Gasteiger partial charge in [0.25, 0.3) is 0 Å². The number of carbonyl (C=O) groups is 2. The largest absolute Gasteiger partial charge is 0.356 e. The summed E-state index contributed by atoms with van der Waals surface area (Å²) in [6.07, 6.45) is 29.4. The number of aromatic nitrogens is 2. The number of fused-ring (bicyclic) bond motifs is 10. The second kappa shape index (κ2) is 13.7. The topological polar surface area (TPSA) is 84.0 Å². The second-order valence-corrected chi connectivity index (χ2v) is 20.0. The predicted molar refractivity (Wildman–Crippen MR) is 215 cm³/mol. The number of hydrogen-bond acceptors (Lipinski definition) is 4. The van der Waals surface area contributed by atoms with Crippen molar-refractivity contribution in [2.45, 2.75) is 118 Å². The number of nitrogens with one attached hydrogen (secondary N) is 2. The van der Waals surface area contributed by atoms with Crippen LogP contribution in [0.5, 0.6) is 0 Å². The molecular formula is C48H64N4O2.